The normalized spacial score (nSPS) is 15.6. The van der Waals surface area contributed by atoms with Gasteiger partial charge in [0.05, 0.1) is 5.56 Å². The van der Waals surface area contributed by atoms with Crippen LogP contribution in [0.15, 0.2) is 18.3 Å². The van der Waals surface area contributed by atoms with E-state index >= 15 is 0 Å². The molecule has 136 valence electrons. The van der Waals surface area contributed by atoms with E-state index in [1.165, 1.54) is 12.1 Å². The highest BCUT2D eigenvalue weighted by atomic mass is 35.5. The third-order valence-corrected chi connectivity index (χ3v) is 3.49. The molecule has 10 heteroatoms. The molecule has 0 spiro atoms. The molecule has 3 N–H and O–H groups in total. The molecule has 5 nitrogen and oxygen atoms in total. The molecule has 1 aromatic heterocycles. The molecule has 0 aliphatic heterocycles. The standard InChI is InChI=1S/C14H17F4N3O2.ClH/c15-13(16)14(17,18)7-23-11-4-3-9(6-20-11)12(22)21-10(5-19)8-1-2-8;/h3-4,6,8,10,13H,1-2,5,7,19H2,(H,21,22);1H. The summed E-state index contributed by atoms with van der Waals surface area (Å²) in [5, 5.41) is 2.77. The van der Waals surface area contributed by atoms with E-state index in [2.05, 4.69) is 15.0 Å². The van der Waals surface area contributed by atoms with Crippen LogP contribution in [0.5, 0.6) is 5.88 Å². The van der Waals surface area contributed by atoms with Crippen LogP contribution in [0.2, 0.25) is 0 Å². The van der Waals surface area contributed by atoms with Crippen molar-refractivity contribution in [3.8, 4) is 5.88 Å². The molecule has 1 saturated carbocycles. The molecule has 1 amide bonds. The number of pyridine rings is 1. The van der Waals surface area contributed by atoms with Crippen molar-refractivity contribution >= 4 is 18.3 Å². The predicted molar refractivity (Wildman–Crippen MR) is 81.0 cm³/mol. The average molecular weight is 372 g/mol. The number of hydrogen-bond acceptors (Lipinski definition) is 4. The third-order valence-electron chi connectivity index (χ3n) is 3.49. The molecule has 1 fully saturated rings. The van der Waals surface area contributed by atoms with Crippen LogP contribution in [0.1, 0.15) is 23.2 Å². The predicted octanol–water partition coefficient (Wildman–Crippen LogP) is 2.25. The van der Waals surface area contributed by atoms with Gasteiger partial charge >= 0.3 is 12.3 Å². The molecule has 2 rings (SSSR count). The summed E-state index contributed by atoms with van der Waals surface area (Å²) in [5.41, 5.74) is 5.79. The van der Waals surface area contributed by atoms with Crippen LogP contribution in [-0.4, -0.2) is 42.4 Å². The molecule has 0 bridgehead atoms. The number of carbonyl (C=O) groups excluding carboxylic acids is 1. The molecule has 1 heterocycles. The minimum absolute atomic E-state index is 0. The number of aromatic nitrogens is 1. The van der Waals surface area contributed by atoms with Gasteiger partial charge < -0.3 is 15.8 Å². The minimum atomic E-state index is -4.25. The van der Waals surface area contributed by atoms with Gasteiger partial charge in [0.15, 0.2) is 6.61 Å². The average Bonchev–Trinajstić information content (AvgIpc) is 3.35. The fourth-order valence-corrected chi connectivity index (χ4v) is 1.95. The van der Waals surface area contributed by atoms with Crippen molar-refractivity contribution in [3.05, 3.63) is 23.9 Å². The van der Waals surface area contributed by atoms with E-state index in [0.717, 1.165) is 19.0 Å². The lowest BCUT2D eigenvalue weighted by Gasteiger charge is -2.16. The van der Waals surface area contributed by atoms with Gasteiger partial charge in [-0.15, -0.1) is 12.4 Å². The van der Waals surface area contributed by atoms with E-state index in [-0.39, 0.29) is 35.8 Å². The molecule has 1 aliphatic carbocycles. The second kappa shape index (κ2) is 8.48. The van der Waals surface area contributed by atoms with Crippen LogP contribution >= 0.6 is 12.4 Å². The van der Waals surface area contributed by atoms with Crippen molar-refractivity contribution in [2.24, 2.45) is 11.7 Å². The highest BCUT2D eigenvalue weighted by molar-refractivity contribution is 5.94. The molecule has 0 aromatic carbocycles. The maximum atomic E-state index is 12.7. The van der Waals surface area contributed by atoms with Crippen LogP contribution < -0.4 is 15.8 Å². The van der Waals surface area contributed by atoms with Gasteiger partial charge in [0.25, 0.3) is 5.91 Å². The molecule has 1 aromatic rings. The number of carbonyl (C=O) groups is 1. The van der Waals surface area contributed by atoms with Crippen molar-refractivity contribution < 1.29 is 27.1 Å². The van der Waals surface area contributed by atoms with E-state index in [1.807, 2.05) is 0 Å². The second-order valence-corrected chi connectivity index (χ2v) is 5.39. The smallest absolute Gasteiger partial charge is 0.340 e. The van der Waals surface area contributed by atoms with Gasteiger partial charge in [0, 0.05) is 24.8 Å². The van der Waals surface area contributed by atoms with Gasteiger partial charge in [-0.1, -0.05) is 0 Å². The van der Waals surface area contributed by atoms with Gasteiger partial charge in [-0.3, -0.25) is 4.79 Å². The van der Waals surface area contributed by atoms with Gasteiger partial charge in [0.2, 0.25) is 5.88 Å². The minimum Gasteiger partial charge on any atom is -0.471 e. The number of hydrogen-bond donors (Lipinski definition) is 2. The molecule has 0 radical (unpaired) electrons. The summed E-state index contributed by atoms with van der Waals surface area (Å²) in [6.45, 7) is -1.16. The Hall–Kier alpha value is -1.61. The number of nitrogens with zero attached hydrogens (tertiary/aromatic N) is 1. The van der Waals surface area contributed by atoms with E-state index in [0.29, 0.717) is 12.5 Å². The molecule has 1 unspecified atom stereocenters. The van der Waals surface area contributed by atoms with Crippen molar-refractivity contribution in [1.82, 2.24) is 10.3 Å². The summed E-state index contributed by atoms with van der Waals surface area (Å²) in [6, 6.07) is 2.38. The van der Waals surface area contributed by atoms with Crippen LogP contribution in [0, 0.1) is 5.92 Å². The lowest BCUT2D eigenvalue weighted by Crippen LogP contribution is -2.41. The van der Waals surface area contributed by atoms with Gasteiger partial charge in [-0.05, 0) is 24.8 Å². The Morgan fingerprint density at radius 3 is 2.54 bits per heavy atom. The van der Waals surface area contributed by atoms with Crippen molar-refractivity contribution in [1.29, 1.82) is 0 Å². The summed E-state index contributed by atoms with van der Waals surface area (Å²) < 4.78 is 54.0. The molecule has 24 heavy (non-hydrogen) atoms. The maximum absolute atomic E-state index is 12.7. The Morgan fingerprint density at radius 2 is 2.08 bits per heavy atom. The van der Waals surface area contributed by atoms with E-state index < -0.39 is 19.0 Å². The zero-order valence-electron chi connectivity index (χ0n) is 12.6. The zero-order valence-corrected chi connectivity index (χ0v) is 13.4. The van der Waals surface area contributed by atoms with Gasteiger partial charge in [0.1, 0.15) is 0 Å². The fraction of sp³-hybridized carbons (Fsp3) is 0.571. The molecule has 1 aliphatic rings. The highest BCUT2D eigenvalue weighted by Crippen LogP contribution is 2.32. The Bertz CT molecular complexity index is 541. The van der Waals surface area contributed by atoms with Gasteiger partial charge in [-0.2, -0.15) is 8.78 Å². The first-order chi connectivity index (χ1) is 10.8. The monoisotopic (exact) mass is 371 g/mol. The highest BCUT2D eigenvalue weighted by Gasteiger charge is 2.41. The Kier molecular flexibility index (Phi) is 7.22. The van der Waals surface area contributed by atoms with Crippen LogP contribution in [0.25, 0.3) is 0 Å². The second-order valence-electron chi connectivity index (χ2n) is 5.39. The van der Waals surface area contributed by atoms with Crippen LogP contribution in [0.3, 0.4) is 0 Å². The van der Waals surface area contributed by atoms with E-state index in [9.17, 15) is 22.4 Å². The number of alkyl halides is 4. The first-order valence-electron chi connectivity index (χ1n) is 7.09. The fourth-order valence-electron chi connectivity index (χ4n) is 1.95. The summed E-state index contributed by atoms with van der Waals surface area (Å²) in [7, 11) is 0. The largest absolute Gasteiger partial charge is 0.471 e. The first-order valence-corrected chi connectivity index (χ1v) is 7.09. The summed E-state index contributed by atoms with van der Waals surface area (Å²) in [5.74, 6) is -4.52. The van der Waals surface area contributed by atoms with Crippen molar-refractivity contribution in [3.63, 3.8) is 0 Å². The van der Waals surface area contributed by atoms with Crippen molar-refractivity contribution in [2.75, 3.05) is 13.2 Å². The molecule has 0 saturated heterocycles. The molecule has 1 atom stereocenters. The van der Waals surface area contributed by atoms with Gasteiger partial charge in [-0.25, -0.2) is 13.8 Å². The lowest BCUT2D eigenvalue weighted by molar-refractivity contribution is -0.148. The first kappa shape index (κ1) is 20.4. The lowest BCUT2D eigenvalue weighted by atomic mass is 10.1. The number of rotatable bonds is 8. The number of nitrogens with two attached hydrogens (primary N) is 1. The Balaban J connectivity index is 0.00000288. The topological polar surface area (TPSA) is 77.2 Å². The van der Waals surface area contributed by atoms with Crippen molar-refractivity contribution in [2.45, 2.75) is 31.2 Å². The zero-order chi connectivity index (χ0) is 17.0. The van der Waals surface area contributed by atoms with E-state index in [1.54, 1.807) is 0 Å². The third kappa shape index (κ3) is 5.48. The van der Waals surface area contributed by atoms with Crippen LogP contribution in [0.4, 0.5) is 17.6 Å². The maximum Gasteiger partial charge on any atom is 0.340 e. The summed E-state index contributed by atoms with van der Waals surface area (Å²) in [4.78, 5) is 15.7. The number of nitrogens with one attached hydrogen (secondary N) is 1. The SMILES string of the molecule is Cl.NCC(NC(=O)c1ccc(OCC(F)(F)C(F)F)nc1)C1CC1. The quantitative estimate of drug-likeness (QED) is 0.687. The molecular formula is C14H18ClF4N3O2. The number of ether oxygens (including phenoxy) is 1. The summed E-state index contributed by atoms with van der Waals surface area (Å²) >= 11 is 0. The number of halogens is 5. The van der Waals surface area contributed by atoms with Crippen LogP contribution in [-0.2, 0) is 0 Å². The number of amides is 1. The Labute approximate surface area is 142 Å². The van der Waals surface area contributed by atoms with E-state index in [4.69, 9.17) is 5.73 Å². The summed E-state index contributed by atoms with van der Waals surface area (Å²) in [6.07, 6.45) is -0.647. The molecular weight excluding hydrogens is 354 g/mol. The Morgan fingerprint density at radius 1 is 1.42 bits per heavy atom.